The molecule has 0 aliphatic carbocycles. The number of fused-ring (bicyclic) bond motifs is 1. The second-order valence-electron chi connectivity index (χ2n) is 8.88. The van der Waals surface area contributed by atoms with Crippen molar-refractivity contribution in [1.82, 2.24) is 13.7 Å². The molecule has 0 aliphatic rings. The summed E-state index contributed by atoms with van der Waals surface area (Å²) in [6.45, 7) is 7.16. The van der Waals surface area contributed by atoms with Gasteiger partial charge in [0, 0.05) is 26.8 Å². The van der Waals surface area contributed by atoms with Crippen molar-refractivity contribution in [3.8, 4) is 11.3 Å². The molecule has 5 heteroatoms. The molecule has 0 saturated heterocycles. The largest absolute Gasteiger partial charge is 0.340 e. The molecule has 30 heavy (non-hydrogen) atoms. The third-order valence-corrected chi connectivity index (χ3v) is 5.73. The summed E-state index contributed by atoms with van der Waals surface area (Å²) in [5.74, 6) is 0. The molecular weight excluding hydrogens is 374 g/mol. The number of nitrogens with zero attached hydrogens (tertiary/aromatic N) is 3. The van der Waals surface area contributed by atoms with E-state index in [0.29, 0.717) is 17.4 Å². The van der Waals surface area contributed by atoms with Crippen LogP contribution in [0, 0.1) is 0 Å². The van der Waals surface area contributed by atoms with Crippen LogP contribution in [0.25, 0.3) is 22.2 Å². The Morgan fingerprint density at radius 3 is 2.07 bits per heavy atom. The molecule has 0 unspecified atom stereocenters. The third-order valence-electron chi connectivity index (χ3n) is 5.73. The monoisotopic (exact) mass is 401 g/mol. The van der Waals surface area contributed by atoms with Crippen molar-refractivity contribution in [2.24, 2.45) is 14.1 Å². The summed E-state index contributed by atoms with van der Waals surface area (Å²) >= 11 is 0. The first-order valence-electron chi connectivity index (χ1n) is 10.1. The molecule has 0 radical (unpaired) electrons. The maximum absolute atomic E-state index is 13.1. The molecule has 4 aromatic rings. The van der Waals surface area contributed by atoms with Crippen LogP contribution in [0.5, 0.6) is 0 Å². The molecule has 0 spiro atoms. The molecule has 0 atom stereocenters. The van der Waals surface area contributed by atoms with Crippen LogP contribution in [0.2, 0.25) is 0 Å². The molecule has 0 N–H and O–H groups in total. The number of hydrogen-bond donors (Lipinski definition) is 0. The standard InChI is InChI=1S/C25H27N3O2/c1-25(2,3)19-13-11-18(12-14-19)22-21-20(26(4)24(30)27(5)23(21)29)16-28(22)15-17-9-7-6-8-10-17/h6-14,16H,15H2,1-5H3. The van der Waals surface area contributed by atoms with Crippen LogP contribution >= 0.6 is 0 Å². The van der Waals surface area contributed by atoms with Crippen LogP contribution < -0.4 is 11.2 Å². The molecule has 0 bridgehead atoms. The first-order chi connectivity index (χ1) is 14.2. The first-order valence-corrected chi connectivity index (χ1v) is 10.1. The summed E-state index contributed by atoms with van der Waals surface area (Å²) in [5, 5.41) is 0.569. The smallest absolute Gasteiger partial charge is 0.330 e. The summed E-state index contributed by atoms with van der Waals surface area (Å²) in [4.78, 5) is 25.6. The molecule has 0 fully saturated rings. The van der Waals surface area contributed by atoms with E-state index >= 15 is 0 Å². The van der Waals surface area contributed by atoms with E-state index in [0.717, 1.165) is 16.8 Å². The van der Waals surface area contributed by atoms with Crippen molar-refractivity contribution in [2.45, 2.75) is 32.7 Å². The molecule has 0 amide bonds. The van der Waals surface area contributed by atoms with Gasteiger partial charge in [-0.15, -0.1) is 0 Å². The van der Waals surface area contributed by atoms with Crippen LogP contribution in [0.1, 0.15) is 31.9 Å². The van der Waals surface area contributed by atoms with Gasteiger partial charge in [0.15, 0.2) is 0 Å². The number of aryl methyl sites for hydroxylation is 1. The highest BCUT2D eigenvalue weighted by Gasteiger charge is 2.20. The maximum atomic E-state index is 13.1. The van der Waals surface area contributed by atoms with Crippen LogP contribution in [0.4, 0.5) is 0 Å². The number of rotatable bonds is 3. The Bertz CT molecular complexity index is 1330. The topological polar surface area (TPSA) is 48.9 Å². The first kappa shape index (κ1) is 20.0. The van der Waals surface area contributed by atoms with Gasteiger partial charge >= 0.3 is 5.69 Å². The van der Waals surface area contributed by atoms with Gasteiger partial charge in [-0.1, -0.05) is 75.4 Å². The van der Waals surface area contributed by atoms with Crippen molar-refractivity contribution >= 4 is 10.9 Å². The average Bonchev–Trinajstić information content (AvgIpc) is 3.10. The Morgan fingerprint density at radius 2 is 1.47 bits per heavy atom. The second kappa shape index (κ2) is 7.17. The molecular formula is C25H27N3O2. The van der Waals surface area contributed by atoms with Crippen molar-refractivity contribution < 1.29 is 0 Å². The van der Waals surface area contributed by atoms with Gasteiger partial charge in [0.1, 0.15) is 0 Å². The Labute approximate surface area is 175 Å². The van der Waals surface area contributed by atoms with Gasteiger partial charge in [0.2, 0.25) is 0 Å². The molecule has 2 aromatic heterocycles. The Hall–Kier alpha value is -3.34. The molecule has 154 valence electrons. The molecule has 2 aromatic carbocycles. The fraction of sp³-hybridized carbons (Fsp3) is 0.280. The van der Waals surface area contributed by atoms with Crippen molar-refractivity contribution in [3.05, 3.63) is 92.8 Å². The van der Waals surface area contributed by atoms with E-state index in [4.69, 9.17) is 0 Å². The van der Waals surface area contributed by atoms with Gasteiger partial charge in [0.25, 0.3) is 5.56 Å². The second-order valence-corrected chi connectivity index (χ2v) is 8.88. The lowest BCUT2D eigenvalue weighted by Crippen LogP contribution is -2.36. The minimum atomic E-state index is -0.320. The predicted molar refractivity (Wildman–Crippen MR) is 122 cm³/mol. The quantitative estimate of drug-likeness (QED) is 0.520. The van der Waals surface area contributed by atoms with Crippen LogP contribution in [0.3, 0.4) is 0 Å². The van der Waals surface area contributed by atoms with Gasteiger partial charge < -0.3 is 4.57 Å². The van der Waals surface area contributed by atoms with E-state index in [-0.39, 0.29) is 16.7 Å². The van der Waals surface area contributed by atoms with Gasteiger partial charge in [-0.25, -0.2) is 4.79 Å². The summed E-state index contributed by atoms with van der Waals surface area (Å²) < 4.78 is 4.81. The number of hydrogen-bond acceptors (Lipinski definition) is 2. The third kappa shape index (κ3) is 3.30. The van der Waals surface area contributed by atoms with Gasteiger partial charge in [0.05, 0.1) is 16.6 Å². The van der Waals surface area contributed by atoms with Crippen molar-refractivity contribution in [1.29, 1.82) is 0 Å². The molecule has 5 nitrogen and oxygen atoms in total. The lowest BCUT2D eigenvalue weighted by atomic mass is 9.86. The zero-order valence-corrected chi connectivity index (χ0v) is 18.1. The fourth-order valence-electron chi connectivity index (χ4n) is 3.93. The minimum Gasteiger partial charge on any atom is -0.340 e. The molecule has 0 saturated carbocycles. The fourth-order valence-corrected chi connectivity index (χ4v) is 3.93. The van der Waals surface area contributed by atoms with Crippen LogP contribution in [0.15, 0.2) is 70.4 Å². The highest BCUT2D eigenvalue weighted by molar-refractivity contribution is 5.93. The Balaban J connectivity index is 2.01. The summed E-state index contributed by atoms with van der Waals surface area (Å²) in [5.41, 5.74) is 4.27. The van der Waals surface area contributed by atoms with Gasteiger partial charge in [-0.3, -0.25) is 13.9 Å². The predicted octanol–water partition coefficient (Wildman–Crippen LogP) is 4.05. The molecule has 2 heterocycles. The van der Waals surface area contributed by atoms with Gasteiger partial charge in [-0.2, -0.15) is 0 Å². The summed E-state index contributed by atoms with van der Waals surface area (Å²) in [6.07, 6.45) is 1.91. The van der Waals surface area contributed by atoms with Crippen molar-refractivity contribution in [2.75, 3.05) is 0 Å². The van der Waals surface area contributed by atoms with E-state index in [1.165, 1.54) is 17.2 Å². The van der Waals surface area contributed by atoms with Gasteiger partial charge in [-0.05, 0) is 22.1 Å². The highest BCUT2D eigenvalue weighted by Crippen LogP contribution is 2.31. The highest BCUT2D eigenvalue weighted by atomic mass is 16.2. The SMILES string of the molecule is Cn1c(=O)c2c(-c3ccc(C(C)(C)C)cc3)n(Cc3ccccc3)cc2n(C)c1=O. The average molecular weight is 402 g/mol. The Morgan fingerprint density at radius 1 is 0.833 bits per heavy atom. The lowest BCUT2D eigenvalue weighted by Gasteiger charge is -2.19. The molecule has 4 rings (SSSR count). The lowest BCUT2D eigenvalue weighted by molar-refractivity contribution is 0.590. The van der Waals surface area contributed by atoms with Crippen LogP contribution in [-0.2, 0) is 26.1 Å². The van der Waals surface area contributed by atoms with E-state index in [2.05, 4.69) is 61.7 Å². The van der Waals surface area contributed by atoms with Crippen LogP contribution in [-0.4, -0.2) is 13.7 Å². The number of benzene rings is 2. The zero-order chi connectivity index (χ0) is 21.6. The normalized spacial score (nSPS) is 11.9. The molecule has 0 aliphatic heterocycles. The maximum Gasteiger partial charge on any atom is 0.330 e. The number of aromatic nitrogens is 3. The Kier molecular flexibility index (Phi) is 4.77. The van der Waals surface area contributed by atoms with Crippen molar-refractivity contribution in [3.63, 3.8) is 0 Å². The zero-order valence-electron chi connectivity index (χ0n) is 18.1. The summed E-state index contributed by atoms with van der Waals surface area (Å²) in [7, 11) is 3.24. The van der Waals surface area contributed by atoms with E-state index < -0.39 is 0 Å². The minimum absolute atomic E-state index is 0.0483. The van der Waals surface area contributed by atoms with E-state index in [1.54, 1.807) is 11.6 Å². The summed E-state index contributed by atoms with van der Waals surface area (Å²) in [6, 6.07) is 18.5. The van der Waals surface area contributed by atoms with E-state index in [9.17, 15) is 9.59 Å². The van der Waals surface area contributed by atoms with E-state index in [1.807, 2.05) is 24.4 Å².